The number of benzene rings is 2. The van der Waals surface area contributed by atoms with E-state index in [9.17, 15) is 4.79 Å². The van der Waals surface area contributed by atoms with E-state index in [0.29, 0.717) is 18.6 Å². The van der Waals surface area contributed by atoms with Crippen LogP contribution in [0.25, 0.3) is 11.1 Å². The summed E-state index contributed by atoms with van der Waals surface area (Å²) in [5, 5.41) is 8.90. The van der Waals surface area contributed by atoms with Crippen molar-refractivity contribution in [1.29, 1.82) is 5.26 Å². The van der Waals surface area contributed by atoms with Crippen molar-refractivity contribution in [1.82, 2.24) is 0 Å². The van der Waals surface area contributed by atoms with Crippen molar-refractivity contribution in [2.24, 2.45) is 0 Å². The minimum absolute atomic E-state index is 0.198. The molecule has 0 aromatic heterocycles. The number of ether oxygens (including phenoxy) is 1. The molecule has 0 atom stereocenters. The lowest BCUT2D eigenvalue weighted by atomic mass is 10.0. The zero-order valence-corrected chi connectivity index (χ0v) is 11.3. The summed E-state index contributed by atoms with van der Waals surface area (Å²) in [7, 11) is 0. The summed E-state index contributed by atoms with van der Waals surface area (Å²) in [4.78, 5) is 11.1. The minimum Gasteiger partial charge on any atom is -0.461 e. The molecule has 3 nitrogen and oxygen atoms in total. The van der Waals surface area contributed by atoms with Gasteiger partial charge in [0.15, 0.2) is 0 Å². The Bertz CT molecular complexity index is 639. The van der Waals surface area contributed by atoms with Crippen LogP contribution >= 0.6 is 0 Å². The van der Waals surface area contributed by atoms with Gasteiger partial charge in [-0.25, -0.2) is 0 Å². The van der Waals surface area contributed by atoms with Crippen LogP contribution in [-0.4, -0.2) is 5.97 Å². The van der Waals surface area contributed by atoms with Crippen LogP contribution < -0.4 is 0 Å². The van der Waals surface area contributed by atoms with Gasteiger partial charge in [-0.2, -0.15) is 5.26 Å². The number of nitrogens with zero attached hydrogens (tertiary/aromatic N) is 1. The maximum Gasteiger partial charge on any atom is 0.305 e. The molecule has 0 bridgehead atoms. The third-order valence-electron chi connectivity index (χ3n) is 2.97. The highest BCUT2D eigenvalue weighted by Gasteiger charge is 2.02. The molecule has 0 N–H and O–H groups in total. The third kappa shape index (κ3) is 3.46. The van der Waals surface area contributed by atoms with Crippen LogP contribution in [0, 0.1) is 11.3 Å². The van der Waals surface area contributed by atoms with Crippen LogP contribution in [0.15, 0.2) is 48.5 Å². The monoisotopic (exact) mass is 265 g/mol. The minimum atomic E-state index is -0.198. The quantitative estimate of drug-likeness (QED) is 0.792. The lowest BCUT2D eigenvalue weighted by molar-refractivity contribution is -0.144. The van der Waals surface area contributed by atoms with Gasteiger partial charge in [0.25, 0.3) is 0 Å². The van der Waals surface area contributed by atoms with E-state index in [1.54, 1.807) is 13.0 Å². The first kappa shape index (κ1) is 13.8. The van der Waals surface area contributed by atoms with E-state index in [4.69, 9.17) is 10.00 Å². The summed E-state index contributed by atoms with van der Waals surface area (Å²) >= 11 is 0. The zero-order chi connectivity index (χ0) is 14.4. The first-order valence-corrected chi connectivity index (χ1v) is 6.48. The van der Waals surface area contributed by atoms with Gasteiger partial charge in [0.2, 0.25) is 0 Å². The second-order valence-corrected chi connectivity index (χ2v) is 4.40. The molecule has 100 valence electrons. The maximum absolute atomic E-state index is 11.1. The number of carbonyl (C=O) groups is 1. The highest BCUT2D eigenvalue weighted by molar-refractivity contribution is 5.69. The fraction of sp³-hybridized carbons (Fsp3) is 0.176. The van der Waals surface area contributed by atoms with Crippen molar-refractivity contribution in [2.45, 2.75) is 20.0 Å². The van der Waals surface area contributed by atoms with Gasteiger partial charge in [-0.05, 0) is 28.8 Å². The third-order valence-corrected chi connectivity index (χ3v) is 2.97. The van der Waals surface area contributed by atoms with Crippen molar-refractivity contribution in [3.8, 4) is 17.2 Å². The predicted octanol–water partition coefficient (Wildman–Crippen LogP) is 3.68. The van der Waals surface area contributed by atoms with Crippen molar-refractivity contribution >= 4 is 5.97 Å². The highest BCUT2D eigenvalue weighted by atomic mass is 16.5. The van der Waals surface area contributed by atoms with Gasteiger partial charge in [0.05, 0.1) is 11.6 Å². The van der Waals surface area contributed by atoms with E-state index < -0.39 is 0 Å². The second-order valence-electron chi connectivity index (χ2n) is 4.40. The average molecular weight is 265 g/mol. The first-order valence-electron chi connectivity index (χ1n) is 6.48. The van der Waals surface area contributed by atoms with Crippen LogP contribution in [0.3, 0.4) is 0 Å². The van der Waals surface area contributed by atoms with Crippen molar-refractivity contribution < 1.29 is 9.53 Å². The number of carbonyl (C=O) groups excluding carboxylic acids is 1. The lowest BCUT2D eigenvalue weighted by Crippen LogP contribution is -2.02. The van der Waals surface area contributed by atoms with Crippen LogP contribution in [0.4, 0.5) is 0 Å². The Morgan fingerprint density at radius 1 is 1.15 bits per heavy atom. The lowest BCUT2D eigenvalue weighted by Gasteiger charge is -2.06. The molecule has 20 heavy (non-hydrogen) atoms. The Morgan fingerprint density at radius 2 is 1.90 bits per heavy atom. The van der Waals surface area contributed by atoms with Crippen molar-refractivity contribution in [2.75, 3.05) is 0 Å². The molecule has 2 aromatic rings. The number of hydrogen-bond donors (Lipinski definition) is 0. The molecule has 0 aliphatic rings. The molecule has 2 aromatic carbocycles. The van der Waals surface area contributed by atoms with Gasteiger partial charge in [-0.1, -0.05) is 43.3 Å². The fourth-order valence-electron chi connectivity index (χ4n) is 1.83. The molecule has 0 unspecified atom stereocenters. The summed E-state index contributed by atoms with van der Waals surface area (Å²) in [6.45, 7) is 2.07. The summed E-state index contributed by atoms with van der Waals surface area (Å²) in [5.74, 6) is -0.198. The molecular formula is C17H15NO2. The molecule has 0 saturated heterocycles. The van der Waals surface area contributed by atoms with E-state index in [1.807, 2.05) is 42.5 Å². The number of nitriles is 1. The van der Waals surface area contributed by atoms with Crippen LogP contribution in [-0.2, 0) is 16.1 Å². The Morgan fingerprint density at radius 3 is 2.55 bits per heavy atom. The molecule has 0 heterocycles. The van der Waals surface area contributed by atoms with Gasteiger partial charge in [-0.3, -0.25) is 4.79 Å². The normalized spacial score (nSPS) is 9.80. The van der Waals surface area contributed by atoms with Gasteiger partial charge < -0.3 is 4.74 Å². The van der Waals surface area contributed by atoms with Crippen molar-refractivity contribution in [3.05, 3.63) is 59.7 Å². The number of esters is 1. The molecule has 0 fully saturated rings. The molecule has 0 aliphatic heterocycles. The second kappa shape index (κ2) is 6.53. The van der Waals surface area contributed by atoms with Crippen LogP contribution in [0.1, 0.15) is 24.5 Å². The van der Waals surface area contributed by atoms with E-state index in [-0.39, 0.29) is 5.97 Å². The Kier molecular flexibility index (Phi) is 4.52. The fourth-order valence-corrected chi connectivity index (χ4v) is 1.83. The molecule has 0 spiro atoms. The molecular weight excluding hydrogens is 250 g/mol. The Balaban J connectivity index is 2.11. The van der Waals surface area contributed by atoms with Gasteiger partial charge in [0.1, 0.15) is 6.61 Å². The van der Waals surface area contributed by atoms with Crippen molar-refractivity contribution in [3.63, 3.8) is 0 Å². The van der Waals surface area contributed by atoms with Gasteiger partial charge in [-0.15, -0.1) is 0 Å². The standard InChI is InChI=1S/C17H15NO2/c1-2-17(19)20-12-13-6-8-15(9-7-13)16-5-3-4-14(10-16)11-18/h3-10H,2,12H2,1H3. The first-order chi connectivity index (χ1) is 9.72. The molecule has 3 heteroatoms. The summed E-state index contributed by atoms with van der Waals surface area (Å²) in [5.41, 5.74) is 3.63. The summed E-state index contributed by atoms with van der Waals surface area (Å²) in [6.07, 6.45) is 0.388. The highest BCUT2D eigenvalue weighted by Crippen LogP contribution is 2.21. The Labute approximate surface area is 118 Å². The zero-order valence-electron chi connectivity index (χ0n) is 11.3. The molecule has 0 radical (unpaired) electrons. The smallest absolute Gasteiger partial charge is 0.305 e. The van der Waals surface area contributed by atoms with E-state index in [2.05, 4.69) is 6.07 Å². The van der Waals surface area contributed by atoms with Gasteiger partial charge in [0, 0.05) is 6.42 Å². The summed E-state index contributed by atoms with van der Waals surface area (Å²) in [6, 6.07) is 17.4. The maximum atomic E-state index is 11.1. The molecule has 0 saturated carbocycles. The number of hydrogen-bond acceptors (Lipinski definition) is 3. The SMILES string of the molecule is CCC(=O)OCc1ccc(-c2cccc(C#N)c2)cc1. The van der Waals surface area contributed by atoms with Gasteiger partial charge >= 0.3 is 5.97 Å². The van der Waals surface area contributed by atoms with Crippen LogP contribution in [0.2, 0.25) is 0 Å². The van der Waals surface area contributed by atoms with E-state index >= 15 is 0 Å². The average Bonchev–Trinajstić information content (AvgIpc) is 2.53. The van der Waals surface area contributed by atoms with E-state index in [0.717, 1.165) is 16.7 Å². The van der Waals surface area contributed by atoms with E-state index in [1.165, 1.54) is 0 Å². The number of rotatable bonds is 4. The molecule has 2 rings (SSSR count). The largest absolute Gasteiger partial charge is 0.461 e. The topological polar surface area (TPSA) is 50.1 Å². The molecule has 0 aliphatic carbocycles. The summed E-state index contributed by atoms with van der Waals surface area (Å²) < 4.78 is 5.08. The van der Waals surface area contributed by atoms with Crippen LogP contribution in [0.5, 0.6) is 0 Å². The molecule has 0 amide bonds. The predicted molar refractivity (Wildman–Crippen MR) is 76.7 cm³/mol. The Hall–Kier alpha value is -2.60.